The molecule has 108 valence electrons. The van der Waals surface area contributed by atoms with Gasteiger partial charge in [-0.1, -0.05) is 19.3 Å². The van der Waals surface area contributed by atoms with Gasteiger partial charge in [0, 0.05) is 21.4 Å². The third-order valence-electron chi connectivity index (χ3n) is 4.47. The van der Waals surface area contributed by atoms with Crippen molar-refractivity contribution in [3.63, 3.8) is 0 Å². The third kappa shape index (κ3) is 2.59. The van der Waals surface area contributed by atoms with E-state index in [-0.39, 0.29) is 5.54 Å². The van der Waals surface area contributed by atoms with E-state index in [4.69, 9.17) is 16.6 Å². The van der Waals surface area contributed by atoms with Crippen LogP contribution in [0, 0.1) is 3.57 Å². The SMILES string of the molecule is CC1(n2c(CCCl)nc3cc(I)ccc32)CCCCC1. The van der Waals surface area contributed by atoms with Crippen LogP contribution in [0.3, 0.4) is 0 Å². The molecule has 0 radical (unpaired) electrons. The summed E-state index contributed by atoms with van der Waals surface area (Å²) in [7, 11) is 0. The van der Waals surface area contributed by atoms with E-state index in [0.29, 0.717) is 5.88 Å². The van der Waals surface area contributed by atoms with Crippen molar-refractivity contribution < 1.29 is 0 Å². The van der Waals surface area contributed by atoms with Gasteiger partial charge in [-0.15, -0.1) is 11.6 Å². The lowest BCUT2D eigenvalue weighted by Crippen LogP contribution is -2.34. The highest BCUT2D eigenvalue weighted by Gasteiger charge is 2.32. The van der Waals surface area contributed by atoms with Crippen molar-refractivity contribution in [1.82, 2.24) is 9.55 Å². The van der Waals surface area contributed by atoms with E-state index < -0.39 is 0 Å². The second-order valence-electron chi connectivity index (χ2n) is 5.99. The van der Waals surface area contributed by atoms with Gasteiger partial charge in [0.25, 0.3) is 0 Å². The molecule has 1 aliphatic carbocycles. The molecule has 0 aliphatic heterocycles. The average Bonchev–Trinajstić information content (AvgIpc) is 2.77. The van der Waals surface area contributed by atoms with Crippen molar-refractivity contribution in [2.45, 2.75) is 51.0 Å². The van der Waals surface area contributed by atoms with Gasteiger partial charge in [-0.3, -0.25) is 0 Å². The minimum absolute atomic E-state index is 0.210. The maximum absolute atomic E-state index is 6.00. The fraction of sp³-hybridized carbons (Fsp3) is 0.562. The number of aromatic nitrogens is 2. The molecule has 0 saturated heterocycles. The first-order valence-corrected chi connectivity index (χ1v) is 8.99. The summed E-state index contributed by atoms with van der Waals surface area (Å²) >= 11 is 8.35. The molecule has 2 nitrogen and oxygen atoms in total. The Bertz CT molecular complexity index is 614. The molecular formula is C16H20ClIN2. The number of aryl methyl sites for hydroxylation is 1. The molecule has 2 aromatic rings. The normalized spacial score (nSPS) is 18.6. The number of halogens is 2. The molecule has 20 heavy (non-hydrogen) atoms. The summed E-state index contributed by atoms with van der Waals surface area (Å²) in [5, 5.41) is 0. The van der Waals surface area contributed by atoms with Gasteiger partial charge >= 0.3 is 0 Å². The minimum Gasteiger partial charge on any atom is -0.322 e. The Labute approximate surface area is 139 Å². The van der Waals surface area contributed by atoms with Crippen LogP contribution in [-0.2, 0) is 12.0 Å². The maximum atomic E-state index is 6.00. The molecule has 1 aromatic heterocycles. The predicted octanol–water partition coefficient (Wildman–Crippen LogP) is 5.10. The van der Waals surface area contributed by atoms with Gasteiger partial charge in [-0.2, -0.15) is 0 Å². The Hall–Kier alpha value is -0.290. The lowest BCUT2D eigenvalue weighted by atomic mass is 9.82. The first-order valence-electron chi connectivity index (χ1n) is 7.37. The fourth-order valence-electron chi connectivity index (χ4n) is 3.49. The predicted molar refractivity (Wildman–Crippen MR) is 93.6 cm³/mol. The minimum atomic E-state index is 0.210. The van der Waals surface area contributed by atoms with Gasteiger partial charge in [0.15, 0.2) is 0 Å². The summed E-state index contributed by atoms with van der Waals surface area (Å²) in [6.45, 7) is 2.39. The average molecular weight is 403 g/mol. The lowest BCUT2D eigenvalue weighted by Gasteiger charge is -2.37. The summed E-state index contributed by atoms with van der Waals surface area (Å²) < 4.78 is 3.73. The number of nitrogens with zero attached hydrogens (tertiary/aromatic N) is 2. The van der Waals surface area contributed by atoms with Crippen LogP contribution in [0.2, 0.25) is 0 Å². The van der Waals surface area contributed by atoms with Gasteiger partial charge in [0.2, 0.25) is 0 Å². The van der Waals surface area contributed by atoms with Gasteiger partial charge in [-0.05, 0) is 60.6 Å². The molecular weight excluding hydrogens is 383 g/mol. The van der Waals surface area contributed by atoms with E-state index in [1.807, 2.05) is 0 Å². The van der Waals surface area contributed by atoms with Crippen molar-refractivity contribution in [2.75, 3.05) is 5.88 Å². The van der Waals surface area contributed by atoms with Gasteiger partial charge in [0.05, 0.1) is 11.0 Å². The second kappa shape index (κ2) is 5.84. The number of fused-ring (bicyclic) bond motifs is 1. The second-order valence-corrected chi connectivity index (χ2v) is 7.62. The molecule has 0 atom stereocenters. The first-order chi connectivity index (χ1) is 9.64. The highest BCUT2D eigenvalue weighted by atomic mass is 127. The van der Waals surface area contributed by atoms with E-state index in [1.165, 1.54) is 41.2 Å². The fourth-order valence-corrected chi connectivity index (χ4v) is 4.14. The third-order valence-corrected chi connectivity index (χ3v) is 5.33. The van der Waals surface area contributed by atoms with Crippen LogP contribution in [0.15, 0.2) is 18.2 Å². The summed E-state index contributed by atoms with van der Waals surface area (Å²) in [5.41, 5.74) is 2.60. The standard InChI is InChI=1S/C16H20ClIN2/c1-16(8-3-2-4-9-16)20-14-6-5-12(18)11-13(14)19-15(20)7-10-17/h5-6,11H,2-4,7-10H2,1H3. The van der Waals surface area contributed by atoms with E-state index in [2.05, 4.69) is 52.3 Å². The van der Waals surface area contributed by atoms with Crippen LogP contribution in [-0.4, -0.2) is 15.4 Å². The van der Waals surface area contributed by atoms with Gasteiger partial charge in [0.1, 0.15) is 5.82 Å². The van der Waals surface area contributed by atoms with E-state index in [0.717, 1.165) is 17.8 Å². The van der Waals surface area contributed by atoms with Crippen LogP contribution in [0.4, 0.5) is 0 Å². The molecule has 1 fully saturated rings. The monoisotopic (exact) mass is 402 g/mol. The molecule has 3 rings (SSSR count). The molecule has 0 bridgehead atoms. The molecule has 0 N–H and O–H groups in total. The van der Waals surface area contributed by atoms with Crippen LogP contribution >= 0.6 is 34.2 Å². The van der Waals surface area contributed by atoms with Crippen molar-refractivity contribution >= 4 is 45.2 Å². The molecule has 1 aromatic carbocycles. The summed E-state index contributed by atoms with van der Waals surface area (Å²) in [4.78, 5) is 4.86. The van der Waals surface area contributed by atoms with Crippen LogP contribution in [0.25, 0.3) is 11.0 Å². The van der Waals surface area contributed by atoms with Crippen molar-refractivity contribution in [2.24, 2.45) is 0 Å². The van der Waals surface area contributed by atoms with Crippen molar-refractivity contribution in [3.05, 3.63) is 27.6 Å². The Kier molecular flexibility index (Phi) is 4.27. The van der Waals surface area contributed by atoms with Gasteiger partial charge in [-0.25, -0.2) is 4.98 Å². The van der Waals surface area contributed by atoms with Crippen LogP contribution in [0.5, 0.6) is 0 Å². The first kappa shape index (κ1) is 14.6. The summed E-state index contributed by atoms with van der Waals surface area (Å²) in [5.74, 6) is 1.79. The smallest absolute Gasteiger partial charge is 0.111 e. The number of hydrogen-bond donors (Lipinski definition) is 0. The molecule has 1 aliphatic rings. The summed E-state index contributed by atoms with van der Waals surface area (Å²) in [6.07, 6.45) is 7.36. The number of hydrogen-bond acceptors (Lipinski definition) is 1. The number of alkyl halides is 1. The molecule has 0 unspecified atom stereocenters. The number of imidazole rings is 1. The van der Waals surface area contributed by atoms with Crippen molar-refractivity contribution in [1.29, 1.82) is 0 Å². The van der Waals surface area contributed by atoms with E-state index in [9.17, 15) is 0 Å². The molecule has 0 amide bonds. The number of rotatable bonds is 3. The zero-order chi connectivity index (χ0) is 14.2. The molecule has 4 heteroatoms. The Morgan fingerprint density at radius 1 is 1.30 bits per heavy atom. The highest BCUT2D eigenvalue weighted by molar-refractivity contribution is 14.1. The van der Waals surface area contributed by atoms with Crippen LogP contribution < -0.4 is 0 Å². The van der Waals surface area contributed by atoms with E-state index >= 15 is 0 Å². The van der Waals surface area contributed by atoms with Crippen LogP contribution in [0.1, 0.15) is 44.9 Å². The quantitative estimate of drug-likeness (QED) is 0.516. The lowest BCUT2D eigenvalue weighted by molar-refractivity contribution is 0.219. The Morgan fingerprint density at radius 3 is 2.75 bits per heavy atom. The topological polar surface area (TPSA) is 17.8 Å². The molecule has 1 heterocycles. The summed E-state index contributed by atoms with van der Waals surface area (Å²) in [6, 6.07) is 6.58. The number of benzene rings is 1. The molecule has 1 saturated carbocycles. The van der Waals surface area contributed by atoms with E-state index in [1.54, 1.807) is 0 Å². The molecule has 0 spiro atoms. The van der Waals surface area contributed by atoms with Crippen molar-refractivity contribution in [3.8, 4) is 0 Å². The maximum Gasteiger partial charge on any atom is 0.111 e. The highest BCUT2D eigenvalue weighted by Crippen LogP contribution is 2.38. The Balaban J connectivity index is 2.17. The Morgan fingerprint density at radius 2 is 2.05 bits per heavy atom. The zero-order valence-electron chi connectivity index (χ0n) is 11.8. The zero-order valence-corrected chi connectivity index (χ0v) is 14.7. The largest absolute Gasteiger partial charge is 0.322 e. The van der Waals surface area contributed by atoms with Gasteiger partial charge < -0.3 is 4.57 Å².